The minimum atomic E-state index is -0.145. The van der Waals surface area contributed by atoms with Gasteiger partial charge in [0.15, 0.2) is 0 Å². The van der Waals surface area contributed by atoms with Crippen LogP contribution in [0.2, 0.25) is 0 Å². The molecule has 5 nitrogen and oxygen atoms in total. The zero-order valence-corrected chi connectivity index (χ0v) is 13.2. The summed E-state index contributed by atoms with van der Waals surface area (Å²) in [6.07, 6.45) is 5.67. The minimum absolute atomic E-state index is 0.0813. The fraction of sp³-hybridized carbons (Fsp3) is 0.333. The Morgan fingerprint density at radius 2 is 2.00 bits per heavy atom. The summed E-state index contributed by atoms with van der Waals surface area (Å²) in [5, 5.41) is 5.84. The standard InChI is InChI=1S/C18H21N3O2/c1-23-16-6-4-15(5-7-16)18(8-9-18)13-21-17(22)20-12-14-3-2-10-19-11-14/h2-7,10-11H,8-9,12-13H2,1H3,(H2,20,21,22). The third-order valence-electron chi connectivity index (χ3n) is 4.32. The molecular weight excluding hydrogens is 290 g/mol. The van der Waals surface area contributed by atoms with E-state index in [0.717, 1.165) is 24.2 Å². The first-order valence-corrected chi connectivity index (χ1v) is 7.77. The van der Waals surface area contributed by atoms with Gasteiger partial charge >= 0.3 is 6.03 Å². The number of hydrogen-bond donors (Lipinski definition) is 2. The van der Waals surface area contributed by atoms with Crippen molar-refractivity contribution in [3.05, 3.63) is 59.9 Å². The summed E-state index contributed by atoms with van der Waals surface area (Å²) in [4.78, 5) is 16.0. The molecule has 0 unspecified atom stereocenters. The van der Waals surface area contributed by atoms with E-state index in [-0.39, 0.29) is 11.4 Å². The zero-order valence-electron chi connectivity index (χ0n) is 13.2. The molecule has 5 heteroatoms. The van der Waals surface area contributed by atoms with Gasteiger partial charge in [0.05, 0.1) is 7.11 Å². The molecule has 120 valence electrons. The summed E-state index contributed by atoms with van der Waals surface area (Å²) in [6, 6.07) is 11.8. The van der Waals surface area contributed by atoms with Crippen molar-refractivity contribution in [1.29, 1.82) is 0 Å². The Kier molecular flexibility index (Phi) is 4.46. The second-order valence-electron chi connectivity index (χ2n) is 5.91. The normalized spacial score (nSPS) is 14.8. The van der Waals surface area contributed by atoms with Crippen molar-refractivity contribution in [3.8, 4) is 5.75 Å². The van der Waals surface area contributed by atoms with E-state index in [1.807, 2.05) is 24.3 Å². The van der Waals surface area contributed by atoms with E-state index >= 15 is 0 Å². The maximum absolute atomic E-state index is 12.0. The lowest BCUT2D eigenvalue weighted by molar-refractivity contribution is 0.239. The minimum Gasteiger partial charge on any atom is -0.497 e. The molecular formula is C18H21N3O2. The van der Waals surface area contributed by atoms with Gasteiger partial charge in [0.2, 0.25) is 0 Å². The molecule has 1 aromatic heterocycles. The summed E-state index contributed by atoms with van der Waals surface area (Å²) in [7, 11) is 1.66. The third-order valence-corrected chi connectivity index (χ3v) is 4.32. The first-order chi connectivity index (χ1) is 11.2. The van der Waals surface area contributed by atoms with Gasteiger partial charge in [-0.2, -0.15) is 0 Å². The summed E-state index contributed by atoms with van der Waals surface area (Å²) in [5.41, 5.74) is 2.32. The Morgan fingerprint density at radius 1 is 1.22 bits per heavy atom. The van der Waals surface area contributed by atoms with Gasteiger partial charge < -0.3 is 15.4 Å². The molecule has 2 amide bonds. The Morgan fingerprint density at radius 3 is 2.61 bits per heavy atom. The quantitative estimate of drug-likeness (QED) is 0.862. The van der Waals surface area contributed by atoms with E-state index in [9.17, 15) is 4.79 Å². The number of amides is 2. The number of pyridine rings is 1. The lowest BCUT2D eigenvalue weighted by Gasteiger charge is -2.17. The van der Waals surface area contributed by atoms with Gasteiger partial charge in [-0.3, -0.25) is 4.98 Å². The van der Waals surface area contributed by atoms with Crippen LogP contribution in [0.25, 0.3) is 0 Å². The van der Waals surface area contributed by atoms with E-state index in [1.165, 1.54) is 5.56 Å². The monoisotopic (exact) mass is 311 g/mol. The topological polar surface area (TPSA) is 63.2 Å². The van der Waals surface area contributed by atoms with Crippen molar-refractivity contribution >= 4 is 6.03 Å². The van der Waals surface area contributed by atoms with Gasteiger partial charge in [-0.1, -0.05) is 18.2 Å². The van der Waals surface area contributed by atoms with Crippen LogP contribution < -0.4 is 15.4 Å². The van der Waals surface area contributed by atoms with E-state index in [1.54, 1.807) is 19.5 Å². The summed E-state index contributed by atoms with van der Waals surface area (Å²) >= 11 is 0. The maximum Gasteiger partial charge on any atom is 0.315 e. The Balaban J connectivity index is 1.50. The van der Waals surface area contributed by atoms with E-state index in [4.69, 9.17) is 4.74 Å². The van der Waals surface area contributed by atoms with E-state index < -0.39 is 0 Å². The molecule has 3 rings (SSSR count). The third kappa shape index (κ3) is 3.80. The molecule has 23 heavy (non-hydrogen) atoms. The molecule has 1 aliphatic carbocycles. The predicted octanol–water partition coefficient (Wildman–Crippen LogP) is 2.62. The van der Waals surface area contributed by atoms with Crippen molar-refractivity contribution in [2.75, 3.05) is 13.7 Å². The highest BCUT2D eigenvalue weighted by molar-refractivity contribution is 5.74. The molecule has 1 heterocycles. The summed E-state index contributed by atoms with van der Waals surface area (Å²) in [5.74, 6) is 0.853. The summed E-state index contributed by atoms with van der Waals surface area (Å²) < 4.78 is 5.19. The molecule has 2 aromatic rings. The van der Waals surface area contributed by atoms with Crippen LogP contribution in [0.15, 0.2) is 48.8 Å². The van der Waals surface area contributed by atoms with Crippen molar-refractivity contribution in [2.45, 2.75) is 24.8 Å². The molecule has 1 aliphatic rings. The number of urea groups is 1. The Labute approximate surface area is 136 Å². The largest absolute Gasteiger partial charge is 0.497 e. The number of nitrogens with one attached hydrogen (secondary N) is 2. The molecule has 0 atom stereocenters. The van der Waals surface area contributed by atoms with Gasteiger partial charge in [0, 0.05) is 30.9 Å². The second kappa shape index (κ2) is 6.69. The first kappa shape index (κ1) is 15.3. The molecule has 1 fully saturated rings. The second-order valence-corrected chi connectivity index (χ2v) is 5.91. The molecule has 0 spiro atoms. The number of benzene rings is 1. The number of hydrogen-bond acceptors (Lipinski definition) is 3. The fourth-order valence-electron chi connectivity index (χ4n) is 2.66. The van der Waals surface area contributed by atoms with Gasteiger partial charge in [-0.25, -0.2) is 4.79 Å². The lowest BCUT2D eigenvalue weighted by atomic mass is 9.96. The summed E-state index contributed by atoms with van der Waals surface area (Å²) in [6.45, 7) is 1.13. The van der Waals surface area contributed by atoms with Gasteiger partial charge in [-0.15, -0.1) is 0 Å². The molecule has 2 N–H and O–H groups in total. The number of ether oxygens (including phenoxy) is 1. The van der Waals surface area contributed by atoms with Crippen molar-refractivity contribution < 1.29 is 9.53 Å². The van der Waals surface area contributed by atoms with Gasteiger partial charge in [0.25, 0.3) is 0 Å². The number of aromatic nitrogens is 1. The average molecular weight is 311 g/mol. The van der Waals surface area contributed by atoms with Gasteiger partial charge in [0.1, 0.15) is 5.75 Å². The number of nitrogens with zero attached hydrogens (tertiary/aromatic N) is 1. The number of carbonyl (C=O) groups excluding carboxylic acids is 1. The highest BCUT2D eigenvalue weighted by Crippen LogP contribution is 2.47. The van der Waals surface area contributed by atoms with Crippen LogP contribution in [0.1, 0.15) is 24.0 Å². The average Bonchev–Trinajstić information content (AvgIpc) is 3.40. The zero-order chi connectivity index (χ0) is 16.1. The van der Waals surface area contributed by atoms with Crippen LogP contribution in [-0.4, -0.2) is 24.7 Å². The number of carbonyl (C=O) groups is 1. The first-order valence-electron chi connectivity index (χ1n) is 7.77. The molecule has 0 bridgehead atoms. The van der Waals surface area contributed by atoms with Gasteiger partial charge in [-0.05, 0) is 42.2 Å². The SMILES string of the molecule is COc1ccc(C2(CNC(=O)NCc3cccnc3)CC2)cc1. The predicted molar refractivity (Wildman–Crippen MR) is 88.4 cm³/mol. The Bertz CT molecular complexity index is 652. The molecule has 1 saturated carbocycles. The molecule has 0 radical (unpaired) electrons. The maximum atomic E-state index is 12.0. The fourth-order valence-corrected chi connectivity index (χ4v) is 2.66. The van der Waals surface area contributed by atoms with Crippen LogP contribution in [0.3, 0.4) is 0 Å². The number of rotatable bonds is 6. The smallest absolute Gasteiger partial charge is 0.315 e. The van der Waals surface area contributed by atoms with Crippen LogP contribution >= 0.6 is 0 Å². The van der Waals surface area contributed by atoms with Crippen molar-refractivity contribution in [3.63, 3.8) is 0 Å². The van der Waals surface area contributed by atoms with E-state index in [0.29, 0.717) is 13.1 Å². The van der Waals surface area contributed by atoms with Crippen molar-refractivity contribution in [1.82, 2.24) is 15.6 Å². The van der Waals surface area contributed by atoms with Crippen LogP contribution in [-0.2, 0) is 12.0 Å². The molecule has 0 saturated heterocycles. The van der Waals surface area contributed by atoms with E-state index in [2.05, 4.69) is 27.8 Å². The highest BCUT2D eigenvalue weighted by Gasteiger charge is 2.44. The molecule has 0 aliphatic heterocycles. The number of methoxy groups -OCH3 is 1. The van der Waals surface area contributed by atoms with Crippen molar-refractivity contribution in [2.24, 2.45) is 0 Å². The lowest BCUT2D eigenvalue weighted by Crippen LogP contribution is -2.39. The molecule has 1 aromatic carbocycles. The van der Waals surface area contributed by atoms with Crippen LogP contribution in [0, 0.1) is 0 Å². The van der Waals surface area contributed by atoms with Crippen LogP contribution in [0.4, 0.5) is 4.79 Å². The van der Waals surface area contributed by atoms with Crippen LogP contribution in [0.5, 0.6) is 5.75 Å². The Hall–Kier alpha value is -2.56. The highest BCUT2D eigenvalue weighted by atomic mass is 16.5.